The molecular formula is C11H19N3. The molecular weight excluding hydrogens is 174 g/mol. The van der Waals surface area contributed by atoms with Crippen LogP contribution < -0.4 is 11.1 Å². The standard InChI is InChI=1S/C11H19N3/c1-6(2)9-8(5)13-11(12)14-10(9)7(3)4/h6-7H,5H2,1-4H3,(H3,12,13,14). The monoisotopic (exact) mass is 193 g/mol. The topological polar surface area (TPSA) is 50.4 Å². The molecule has 0 fully saturated rings. The van der Waals surface area contributed by atoms with Crippen LogP contribution in [0.25, 0.3) is 0 Å². The molecule has 3 heteroatoms. The molecule has 0 saturated heterocycles. The highest BCUT2D eigenvalue weighted by atomic mass is 15.1. The van der Waals surface area contributed by atoms with Crippen molar-refractivity contribution in [2.75, 3.05) is 0 Å². The maximum atomic E-state index is 5.66. The number of nitrogens with one attached hydrogen (secondary N) is 1. The molecule has 0 unspecified atom stereocenters. The first-order valence-corrected chi connectivity index (χ1v) is 4.98. The van der Waals surface area contributed by atoms with E-state index in [0.717, 1.165) is 11.4 Å². The molecule has 0 radical (unpaired) electrons. The maximum absolute atomic E-state index is 5.66. The number of nitrogens with zero attached hydrogens (tertiary/aromatic N) is 1. The largest absolute Gasteiger partial charge is 0.369 e. The van der Waals surface area contributed by atoms with Crippen LogP contribution >= 0.6 is 0 Å². The molecule has 1 aliphatic heterocycles. The second-order valence-corrected chi connectivity index (χ2v) is 4.21. The highest BCUT2D eigenvalue weighted by Gasteiger charge is 2.20. The van der Waals surface area contributed by atoms with Crippen molar-refractivity contribution >= 4 is 5.96 Å². The predicted octanol–water partition coefficient (Wildman–Crippen LogP) is 1.98. The van der Waals surface area contributed by atoms with Gasteiger partial charge in [0.15, 0.2) is 5.96 Å². The van der Waals surface area contributed by atoms with E-state index < -0.39 is 0 Å². The summed E-state index contributed by atoms with van der Waals surface area (Å²) >= 11 is 0. The summed E-state index contributed by atoms with van der Waals surface area (Å²) in [5, 5.41) is 2.97. The first-order chi connectivity index (χ1) is 6.43. The second-order valence-electron chi connectivity index (χ2n) is 4.21. The quantitative estimate of drug-likeness (QED) is 0.704. The Morgan fingerprint density at radius 2 is 1.79 bits per heavy atom. The zero-order valence-corrected chi connectivity index (χ0v) is 9.39. The third-order valence-corrected chi connectivity index (χ3v) is 2.25. The Hall–Kier alpha value is -1.25. The van der Waals surface area contributed by atoms with Gasteiger partial charge in [0.05, 0.1) is 5.70 Å². The Bertz CT molecular complexity index is 308. The highest BCUT2D eigenvalue weighted by molar-refractivity contribution is 5.83. The zero-order chi connectivity index (χ0) is 10.9. The SMILES string of the molecule is C=C1NC(N)=NC(C(C)C)=C1C(C)C. The molecule has 3 N–H and O–H groups in total. The molecule has 0 aromatic rings. The Kier molecular flexibility index (Phi) is 2.99. The lowest BCUT2D eigenvalue weighted by Crippen LogP contribution is -2.35. The maximum Gasteiger partial charge on any atom is 0.198 e. The van der Waals surface area contributed by atoms with Crippen LogP contribution in [0, 0.1) is 11.8 Å². The highest BCUT2D eigenvalue weighted by Crippen LogP contribution is 2.28. The molecule has 0 aromatic heterocycles. The summed E-state index contributed by atoms with van der Waals surface area (Å²) in [5.74, 6) is 1.25. The van der Waals surface area contributed by atoms with Crippen LogP contribution in [0.3, 0.4) is 0 Å². The number of rotatable bonds is 2. The van der Waals surface area contributed by atoms with Crippen LogP contribution in [0.15, 0.2) is 28.5 Å². The van der Waals surface area contributed by atoms with Gasteiger partial charge in [0.2, 0.25) is 0 Å². The van der Waals surface area contributed by atoms with Crippen molar-refractivity contribution in [1.29, 1.82) is 0 Å². The smallest absolute Gasteiger partial charge is 0.198 e. The summed E-state index contributed by atoms with van der Waals surface area (Å²) in [7, 11) is 0. The number of nitrogens with two attached hydrogens (primary N) is 1. The average molecular weight is 193 g/mol. The third kappa shape index (κ3) is 1.97. The third-order valence-electron chi connectivity index (χ3n) is 2.25. The lowest BCUT2D eigenvalue weighted by molar-refractivity contribution is 0.672. The summed E-state index contributed by atoms with van der Waals surface area (Å²) in [6.07, 6.45) is 0. The van der Waals surface area contributed by atoms with Gasteiger partial charge in [-0.3, -0.25) is 0 Å². The van der Waals surface area contributed by atoms with E-state index in [1.54, 1.807) is 0 Å². The molecule has 0 amide bonds. The number of aliphatic imine (C=N–C) groups is 1. The molecule has 0 saturated carbocycles. The summed E-state index contributed by atoms with van der Waals surface area (Å²) in [5.41, 5.74) is 8.79. The van der Waals surface area contributed by atoms with E-state index in [-0.39, 0.29) is 0 Å². The van der Waals surface area contributed by atoms with E-state index in [1.165, 1.54) is 5.57 Å². The molecule has 1 heterocycles. The zero-order valence-electron chi connectivity index (χ0n) is 9.39. The first kappa shape index (κ1) is 10.8. The molecule has 0 aliphatic carbocycles. The minimum Gasteiger partial charge on any atom is -0.369 e. The van der Waals surface area contributed by atoms with E-state index in [1.807, 2.05) is 0 Å². The molecule has 3 nitrogen and oxygen atoms in total. The number of guanidine groups is 1. The Labute approximate surface area is 85.8 Å². The molecule has 14 heavy (non-hydrogen) atoms. The number of allylic oxidation sites excluding steroid dienone is 2. The lowest BCUT2D eigenvalue weighted by atomic mass is 9.92. The first-order valence-electron chi connectivity index (χ1n) is 4.98. The minimum absolute atomic E-state index is 0.379. The molecule has 78 valence electrons. The Morgan fingerprint density at radius 3 is 2.21 bits per heavy atom. The van der Waals surface area contributed by atoms with Gasteiger partial charge in [-0.25, -0.2) is 4.99 Å². The second kappa shape index (κ2) is 3.86. The van der Waals surface area contributed by atoms with Crippen LogP contribution in [-0.4, -0.2) is 5.96 Å². The van der Waals surface area contributed by atoms with Crippen molar-refractivity contribution in [2.45, 2.75) is 27.7 Å². The van der Waals surface area contributed by atoms with Crippen LogP contribution in [0.4, 0.5) is 0 Å². The van der Waals surface area contributed by atoms with E-state index in [4.69, 9.17) is 5.73 Å². The van der Waals surface area contributed by atoms with Gasteiger partial charge in [0.25, 0.3) is 0 Å². The van der Waals surface area contributed by atoms with Crippen molar-refractivity contribution in [1.82, 2.24) is 5.32 Å². The van der Waals surface area contributed by atoms with Crippen molar-refractivity contribution in [3.05, 3.63) is 23.5 Å². The van der Waals surface area contributed by atoms with Crippen molar-refractivity contribution in [3.63, 3.8) is 0 Å². The van der Waals surface area contributed by atoms with E-state index in [0.29, 0.717) is 17.8 Å². The van der Waals surface area contributed by atoms with Crippen molar-refractivity contribution in [2.24, 2.45) is 22.6 Å². The van der Waals surface area contributed by atoms with Crippen LogP contribution in [0.5, 0.6) is 0 Å². The molecule has 0 atom stereocenters. The van der Waals surface area contributed by atoms with Gasteiger partial charge in [-0.1, -0.05) is 34.3 Å². The molecule has 0 bridgehead atoms. The van der Waals surface area contributed by atoms with Crippen molar-refractivity contribution in [3.8, 4) is 0 Å². The molecule has 1 aliphatic rings. The minimum atomic E-state index is 0.379. The Morgan fingerprint density at radius 1 is 1.21 bits per heavy atom. The van der Waals surface area contributed by atoms with E-state index >= 15 is 0 Å². The number of hydrogen-bond donors (Lipinski definition) is 2. The van der Waals surface area contributed by atoms with Gasteiger partial charge < -0.3 is 11.1 Å². The predicted molar refractivity (Wildman–Crippen MR) is 60.6 cm³/mol. The van der Waals surface area contributed by atoms with E-state index in [2.05, 4.69) is 44.6 Å². The van der Waals surface area contributed by atoms with Crippen LogP contribution in [0.2, 0.25) is 0 Å². The molecule has 0 aromatic carbocycles. The average Bonchev–Trinajstić information content (AvgIpc) is 2.01. The summed E-state index contributed by atoms with van der Waals surface area (Å²) in [6.45, 7) is 12.5. The van der Waals surface area contributed by atoms with Gasteiger partial charge in [-0.15, -0.1) is 0 Å². The summed E-state index contributed by atoms with van der Waals surface area (Å²) < 4.78 is 0. The fourth-order valence-electron chi connectivity index (χ4n) is 1.68. The van der Waals surface area contributed by atoms with Gasteiger partial charge in [-0.2, -0.15) is 0 Å². The van der Waals surface area contributed by atoms with Gasteiger partial charge in [0, 0.05) is 5.70 Å². The Balaban J connectivity index is 3.21. The van der Waals surface area contributed by atoms with Crippen LogP contribution in [0.1, 0.15) is 27.7 Å². The van der Waals surface area contributed by atoms with Crippen molar-refractivity contribution < 1.29 is 0 Å². The van der Waals surface area contributed by atoms with Gasteiger partial charge >= 0.3 is 0 Å². The van der Waals surface area contributed by atoms with Gasteiger partial charge in [-0.05, 0) is 17.4 Å². The number of hydrogen-bond acceptors (Lipinski definition) is 3. The lowest BCUT2D eigenvalue weighted by Gasteiger charge is -2.25. The fourth-order valence-corrected chi connectivity index (χ4v) is 1.68. The fraction of sp³-hybridized carbons (Fsp3) is 0.545. The molecule has 0 spiro atoms. The van der Waals surface area contributed by atoms with Crippen LogP contribution in [-0.2, 0) is 0 Å². The molecule has 1 rings (SSSR count). The summed E-state index contributed by atoms with van der Waals surface area (Å²) in [6, 6.07) is 0. The van der Waals surface area contributed by atoms with Gasteiger partial charge in [0.1, 0.15) is 0 Å². The van der Waals surface area contributed by atoms with E-state index in [9.17, 15) is 0 Å². The summed E-state index contributed by atoms with van der Waals surface area (Å²) in [4.78, 5) is 4.34. The normalized spacial score (nSPS) is 17.6.